The van der Waals surface area contributed by atoms with Gasteiger partial charge in [0, 0.05) is 10.9 Å². The Balaban J connectivity index is 1.48. The minimum Gasteiger partial charge on any atom is -0.455 e. The van der Waals surface area contributed by atoms with Crippen LogP contribution < -0.4 is 10.6 Å². The van der Waals surface area contributed by atoms with Crippen LogP contribution >= 0.6 is 23.4 Å². The molecule has 0 unspecified atom stereocenters. The number of carbonyl (C=O) groups excluding carboxylic acids is 3. The summed E-state index contributed by atoms with van der Waals surface area (Å²) in [5, 5.41) is 6.21. The number of para-hydroxylation sites is 1. The number of hydrogen-bond acceptors (Lipinski definition) is 5. The maximum absolute atomic E-state index is 12.6. The topological polar surface area (TPSA) is 84.5 Å². The molecule has 3 rings (SSSR count). The molecule has 8 heteroatoms. The van der Waals surface area contributed by atoms with Crippen molar-refractivity contribution in [3.05, 3.63) is 59.1 Å². The number of thioether (sulfide) groups is 1. The van der Waals surface area contributed by atoms with Crippen LogP contribution in [0.2, 0.25) is 5.02 Å². The Morgan fingerprint density at radius 2 is 1.73 bits per heavy atom. The van der Waals surface area contributed by atoms with Gasteiger partial charge in [0.15, 0.2) is 6.61 Å². The SMILES string of the molecule is O=C(COC(=O)CSc1ccccc1Cl)Nc1ccccc1C(=O)NC1CCCC1. The molecule has 1 saturated carbocycles. The first kappa shape index (κ1) is 22.2. The molecule has 0 aliphatic heterocycles. The zero-order chi connectivity index (χ0) is 21.3. The molecular formula is C22H23ClN2O4S. The summed E-state index contributed by atoms with van der Waals surface area (Å²) in [6.07, 6.45) is 4.18. The second-order valence-corrected chi connectivity index (χ2v) is 8.35. The van der Waals surface area contributed by atoms with Gasteiger partial charge in [-0.05, 0) is 37.1 Å². The molecular weight excluding hydrogens is 424 g/mol. The fraction of sp³-hybridized carbons (Fsp3) is 0.318. The van der Waals surface area contributed by atoms with Crippen molar-refractivity contribution >= 4 is 46.8 Å². The largest absolute Gasteiger partial charge is 0.455 e. The van der Waals surface area contributed by atoms with Crippen molar-refractivity contribution in [3.63, 3.8) is 0 Å². The lowest BCUT2D eigenvalue weighted by molar-refractivity contribution is -0.144. The molecule has 1 aliphatic rings. The number of halogens is 1. The van der Waals surface area contributed by atoms with Gasteiger partial charge in [-0.2, -0.15) is 0 Å². The van der Waals surface area contributed by atoms with Crippen LogP contribution in [0.5, 0.6) is 0 Å². The van der Waals surface area contributed by atoms with Crippen molar-refractivity contribution in [1.29, 1.82) is 0 Å². The summed E-state index contributed by atoms with van der Waals surface area (Å²) in [5.41, 5.74) is 0.776. The number of ether oxygens (including phenoxy) is 1. The third-order valence-electron chi connectivity index (χ3n) is 4.68. The van der Waals surface area contributed by atoms with E-state index in [1.54, 1.807) is 42.5 Å². The minimum atomic E-state index is -0.526. The highest BCUT2D eigenvalue weighted by Gasteiger charge is 2.20. The highest BCUT2D eigenvalue weighted by atomic mass is 35.5. The van der Waals surface area contributed by atoms with Gasteiger partial charge in [0.05, 0.1) is 22.0 Å². The summed E-state index contributed by atoms with van der Waals surface area (Å²) in [4.78, 5) is 37.5. The molecule has 1 fully saturated rings. The molecule has 6 nitrogen and oxygen atoms in total. The maximum atomic E-state index is 12.6. The van der Waals surface area contributed by atoms with Gasteiger partial charge in [-0.15, -0.1) is 11.8 Å². The second-order valence-electron chi connectivity index (χ2n) is 6.93. The molecule has 2 aromatic carbocycles. The summed E-state index contributed by atoms with van der Waals surface area (Å²) < 4.78 is 5.03. The van der Waals surface area contributed by atoms with Gasteiger partial charge in [0.25, 0.3) is 11.8 Å². The van der Waals surface area contributed by atoms with Gasteiger partial charge < -0.3 is 15.4 Å². The second kappa shape index (κ2) is 11.0. The Morgan fingerprint density at radius 3 is 2.50 bits per heavy atom. The van der Waals surface area contributed by atoms with E-state index in [4.69, 9.17) is 16.3 Å². The molecule has 2 amide bonds. The van der Waals surface area contributed by atoms with E-state index < -0.39 is 18.5 Å². The number of carbonyl (C=O) groups is 3. The normalized spacial score (nSPS) is 13.6. The van der Waals surface area contributed by atoms with Crippen LogP contribution in [0.4, 0.5) is 5.69 Å². The average Bonchev–Trinajstić information content (AvgIpc) is 3.25. The van der Waals surface area contributed by atoms with Crippen LogP contribution in [-0.4, -0.2) is 36.2 Å². The standard InChI is InChI=1S/C22H23ClN2O4S/c23-17-10-4-6-12-19(17)30-14-21(27)29-13-20(26)25-18-11-5-3-9-16(18)22(28)24-15-7-1-2-8-15/h3-6,9-12,15H,1-2,7-8,13-14H2,(H,24,28)(H,25,26). The fourth-order valence-electron chi connectivity index (χ4n) is 3.20. The highest BCUT2D eigenvalue weighted by Crippen LogP contribution is 2.26. The third kappa shape index (κ3) is 6.50. The van der Waals surface area contributed by atoms with E-state index in [0.29, 0.717) is 16.3 Å². The summed E-state index contributed by atoms with van der Waals surface area (Å²) >= 11 is 7.29. The van der Waals surface area contributed by atoms with E-state index in [2.05, 4.69) is 10.6 Å². The van der Waals surface area contributed by atoms with E-state index in [-0.39, 0.29) is 17.7 Å². The van der Waals surface area contributed by atoms with Crippen LogP contribution in [0, 0.1) is 0 Å². The Hall–Kier alpha value is -2.51. The van der Waals surface area contributed by atoms with Crippen LogP contribution in [0.25, 0.3) is 0 Å². The predicted octanol–water partition coefficient (Wildman–Crippen LogP) is 4.29. The Bertz CT molecular complexity index is 916. The molecule has 0 saturated heterocycles. The van der Waals surface area contributed by atoms with E-state index in [1.807, 2.05) is 6.07 Å². The Labute approximate surface area is 184 Å². The predicted molar refractivity (Wildman–Crippen MR) is 118 cm³/mol. The molecule has 1 aliphatic carbocycles. The summed E-state index contributed by atoms with van der Waals surface area (Å²) in [7, 11) is 0. The van der Waals surface area contributed by atoms with Crippen molar-refractivity contribution in [1.82, 2.24) is 5.32 Å². The van der Waals surface area contributed by atoms with Crippen molar-refractivity contribution in [2.24, 2.45) is 0 Å². The van der Waals surface area contributed by atoms with Crippen LogP contribution in [-0.2, 0) is 14.3 Å². The van der Waals surface area contributed by atoms with Crippen molar-refractivity contribution in [2.45, 2.75) is 36.6 Å². The molecule has 0 bridgehead atoms. The lowest BCUT2D eigenvalue weighted by Crippen LogP contribution is -2.33. The first-order valence-corrected chi connectivity index (χ1v) is 11.1. The molecule has 158 valence electrons. The lowest BCUT2D eigenvalue weighted by Gasteiger charge is -2.15. The van der Waals surface area contributed by atoms with Gasteiger partial charge in [0.2, 0.25) is 0 Å². The number of rotatable bonds is 8. The molecule has 30 heavy (non-hydrogen) atoms. The smallest absolute Gasteiger partial charge is 0.316 e. The Morgan fingerprint density at radius 1 is 1.03 bits per heavy atom. The van der Waals surface area contributed by atoms with Gasteiger partial charge >= 0.3 is 5.97 Å². The summed E-state index contributed by atoms with van der Waals surface area (Å²) in [6, 6.07) is 14.1. The fourth-order valence-corrected chi connectivity index (χ4v) is 4.23. The molecule has 0 atom stereocenters. The number of benzene rings is 2. The third-order valence-corrected chi connectivity index (χ3v) is 6.17. The molecule has 0 radical (unpaired) electrons. The maximum Gasteiger partial charge on any atom is 0.316 e. The molecule has 0 heterocycles. The van der Waals surface area contributed by atoms with E-state index in [1.165, 1.54) is 11.8 Å². The minimum absolute atomic E-state index is 0.0391. The van der Waals surface area contributed by atoms with Crippen molar-refractivity contribution in [2.75, 3.05) is 17.7 Å². The van der Waals surface area contributed by atoms with Gasteiger partial charge in [0.1, 0.15) is 0 Å². The Kier molecular flexibility index (Phi) is 8.16. The van der Waals surface area contributed by atoms with Crippen molar-refractivity contribution in [3.8, 4) is 0 Å². The van der Waals surface area contributed by atoms with E-state index in [9.17, 15) is 14.4 Å². The van der Waals surface area contributed by atoms with Crippen LogP contribution in [0.3, 0.4) is 0 Å². The first-order chi connectivity index (χ1) is 14.5. The van der Waals surface area contributed by atoms with E-state index >= 15 is 0 Å². The molecule has 0 spiro atoms. The number of anilines is 1. The number of esters is 1. The lowest BCUT2D eigenvalue weighted by atomic mass is 10.1. The van der Waals surface area contributed by atoms with Gasteiger partial charge in [-0.25, -0.2) is 0 Å². The number of hydrogen-bond donors (Lipinski definition) is 2. The average molecular weight is 447 g/mol. The molecule has 2 N–H and O–H groups in total. The molecule has 0 aromatic heterocycles. The summed E-state index contributed by atoms with van der Waals surface area (Å²) in [5.74, 6) is -1.21. The highest BCUT2D eigenvalue weighted by molar-refractivity contribution is 8.00. The van der Waals surface area contributed by atoms with Crippen molar-refractivity contribution < 1.29 is 19.1 Å². The van der Waals surface area contributed by atoms with Crippen LogP contribution in [0.15, 0.2) is 53.4 Å². The monoisotopic (exact) mass is 446 g/mol. The number of nitrogens with one attached hydrogen (secondary N) is 2. The summed E-state index contributed by atoms with van der Waals surface area (Å²) in [6.45, 7) is -0.430. The van der Waals surface area contributed by atoms with Crippen LogP contribution in [0.1, 0.15) is 36.0 Å². The molecule has 2 aromatic rings. The first-order valence-electron chi connectivity index (χ1n) is 9.75. The zero-order valence-corrected chi connectivity index (χ0v) is 17.9. The van der Waals surface area contributed by atoms with E-state index in [0.717, 1.165) is 30.6 Å². The quantitative estimate of drug-likeness (QED) is 0.467. The van der Waals surface area contributed by atoms with Gasteiger partial charge in [-0.1, -0.05) is 48.7 Å². The van der Waals surface area contributed by atoms with Gasteiger partial charge in [-0.3, -0.25) is 14.4 Å². The zero-order valence-electron chi connectivity index (χ0n) is 16.4. The number of amides is 2.